The monoisotopic (exact) mass is 545 g/mol. The molecular weight excluding hydrogens is 519 g/mol. The number of nitrogens with one attached hydrogen (secondary N) is 1. The van der Waals surface area contributed by atoms with E-state index in [1.807, 2.05) is 4.90 Å². The third-order valence-corrected chi connectivity index (χ3v) is 6.31. The minimum absolute atomic E-state index is 0.0711. The van der Waals surface area contributed by atoms with Crippen molar-refractivity contribution in [3.63, 3.8) is 0 Å². The molecule has 4 aromatic rings. The van der Waals surface area contributed by atoms with E-state index in [-0.39, 0.29) is 11.8 Å². The van der Waals surface area contributed by atoms with Crippen LogP contribution < -0.4 is 19.5 Å². The summed E-state index contributed by atoms with van der Waals surface area (Å²) in [5.74, 6) is 0.635. The van der Waals surface area contributed by atoms with Gasteiger partial charge in [-0.2, -0.15) is 18.2 Å². The van der Waals surface area contributed by atoms with Crippen molar-refractivity contribution in [2.75, 3.05) is 39.7 Å². The number of aromatic nitrogens is 3. The van der Waals surface area contributed by atoms with Gasteiger partial charge in [-0.15, -0.1) is 0 Å². The maximum absolute atomic E-state index is 14.1. The molecule has 39 heavy (non-hydrogen) atoms. The van der Waals surface area contributed by atoms with E-state index in [2.05, 4.69) is 15.3 Å². The first-order chi connectivity index (χ1) is 18.7. The summed E-state index contributed by atoms with van der Waals surface area (Å²) in [6.07, 6.45) is 1.83. The summed E-state index contributed by atoms with van der Waals surface area (Å²) >= 11 is 0. The molecule has 0 aliphatic carbocycles. The lowest BCUT2D eigenvalue weighted by Crippen LogP contribution is -2.49. The van der Waals surface area contributed by atoms with E-state index in [0.29, 0.717) is 53.7 Å². The fraction of sp³-hybridized carbons (Fsp3) is 0.308. The van der Waals surface area contributed by atoms with Crippen LogP contribution in [0.15, 0.2) is 53.7 Å². The number of methoxy groups -OCH3 is 3. The summed E-state index contributed by atoms with van der Waals surface area (Å²) in [5, 5.41) is 12.6. The first-order valence-corrected chi connectivity index (χ1v) is 11.9. The number of halogens is 3. The highest BCUT2D eigenvalue weighted by atomic mass is 19.4. The molecule has 10 nitrogen and oxygen atoms in total. The van der Waals surface area contributed by atoms with Gasteiger partial charge in [0.1, 0.15) is 5.56 Å². The zero-order valence-corrected chi connectivity index (χ0v) is 21.3. The van der Waals surface area contributed by atoms with Gasteiger partial charge in [0, 0.05) is 67.2 Å². The van der Waals surface area contributed by atoms with Crippen molar-refractivity contribution >= 4 is 11.6 Å². The number of ether oxygens (including phenoxy) is 3. The topological polar surface area (TPSA) is 107 Å². The Morgan fingerprint density at radius 2 is 1.82 bits per heavy atom. The minimum Gasteiger partial charge on any atom is -0.493 e. The van der Waals surface area contributed by atoms with Gasteiger partial charge in [0.25, 0.3) is 0 Å². The Balaban J connectivity index is 1.56. The Morgan fingerprint density at radius 3 is 2.38 bits per heavy atom. The molecule has 5 rings (SSSR count). The van der Waals surface area contributed by atoms with Crippen molar-refractivity contribution in [3.8, 4) is 34.2 Å². The van der Waals surface area contributed by atoms with Crippen LogP contribution in [0.25, 0.3) is 16.9 Å². The largest absolute Gasteiger partial charge is 0.493 e. The Hall–Kier alpha value is -4.23. The predicted molar refractivity (Wildman–Crippen MR) is 135 cm³/mol. The Kier molecular flexibility index (Phi) is 7.10. The first kappa shape index (κ1) is 26.4. The van der Waals surface area contributed by atoms with Gasteiger partial charge in [-0.3, -0.25) is 4.90 Å². The summed E-state index contributed by atoms with van der Waals surface area (Å²) in [5.41, 5.74) is 1.57. The summed E-state index contributed by atoms with van der Waals surface area (Å²) < 4.78 is 64.7. The zero-order valence-electron chi connectivity index (χ0n) is 21.3. The standard InChI is InChI=1S/C26H26F3N5O5/c1-36-21-6-17(7-22(37-2)23(21)38-3)31-25-30-8-20(26(27,28)29)24(32-25)34-10-16(9-33-11-18(35)12-33)19(13-34)15-4-5-39-14-15/h4-8,10,13-14,18,35H,9,11-12H2,1-3H3,(H,30,31,32). The van der Waals surface area contributed by atoms with Crippen LogP contribution in [0, 0.1) is 0 Å². The normalized spacial score (nSPS) is 14.2. The number of nitrogens with zero attached hydrogens (tertiary/aromatic N) is 4. The zero-order chi connectivity index (χ0) is 27.7. The van der Waals surface area contributed by atoms with Crippen LogP contribution in [-0.4, -0.2) is 65.1 Å². The number of hydrogen-bond acceptors (Lipinski definition) is 9. The lowest BCUT2D eigenvalue weighted by atomic mass is 10.1. The van der Waals surface area contributed by atoms with Crippen molar-refractivity contribution in [2.45, 2.75) is 18.8 Å². The molecule has 1 aromatic carbocycles. The average molecular weight is 546 g/mol. The maximum atomic E-state index is 14.1. The summed E-state index contributed by atoms with van der Waals surface area (Å²) in [7, 11) is 4.37. The van der Waals surface area contributed by atoms with E-state index >= 15 is 0 Å². The number of benzene rings is 1. The number of rotatable bonds is 9. The maximum Gasteiger partial charge on any atom is 0.421 e. The molecule has 0 amide bonds. The number of alkyl halides is 3. The number of furan rings is 1. The SMILES string of the molecule is COc1cc(Nc2ncc(C(F)(F)F)c(-n3cc(CN4CC(O)C4)c(-c4ccoc4)c3)n2)cc(OC)c1OC. The molecule has 206 valence electrons. The third-order valence-electron chi connectivity index (χ3n) is 6.31. The molecule has 1 aliphatic rings. The Labute approximate surface area is 221 Å². The van der Waals surface area contributed by atoms with Gasteiger partial charge in [-0.05, 0) is 11.6 Å². The van der Waals surface area contributed by atoms with E-state index in [1.54, 1.807) is 30.6 Å². The van der Waals surface area contributed by atoms with Crippen LogP contribution in [0.3, 0.4) is 0 Å². The van der Waals surface area contributed by atoms with E-state index in [9.17, 15) is 18.3 Å². The smallest absolute Gasteiger partial charge is 0.421 e. The number of aliphatic hydroxyl groups is 1. The van der Waals surface area contributed by atoms with E-state index in [0.717, 1.165) is 11.8 Å². The molecule has 0 bridgehead atoms. The van der Waals surface area contributed by atoms with Gasteiger partial charge in [0.2, 0.25) is 11.7 Å². The van der Waals surface area contributed by atoms with Crippen molar-refractivity contribution in [1.82, 2.24) is 19.4 Å². The second-order valence-electron chi connectivity index (χ2n) is 8.93. The molecule has 13 heteroatoms. The molecule has 1 aliphatic heterocycles. The van der Waals surface area contributed by atoms with Crippen LogP contribution in [0.5, 0.6) is 17.2 Å². The lowest BCUT2D eigenvalue weighted by Gasteiger charge is -2.35. The fourth-order valence-corrected chi connectivity index (χ4v) is 4.45. The molecule has 0 spiro atoms. The summed E-state index contributed by atoms with van der Waals surface area (Å²) in [6, 6.07) is 4.92. The van der Waals surface area contributed by atoms with Crippen LogP contribution in [0.2, 0.25) is 0 Å². The number of hydrogen-bond donors (Lipinski definition) is 2. The predicted octanol–water partition coefficient (Wildman–Crippen LogP) is 4.49. The van der Waals surface area contributed by atoms with E-state index in [1.165, 1.54) is 38.4 Å². The highest BCUT2D eigenvalue weighted by molar-refractivity contribution is 5.68. The number of likely N-dealkylation sites (tertiary alicyclic amines) is 1. The van der Waals surface area contributed by atoms with Gasteiger partial charge in [-0.1, -0.05) is 0 Å². The van der Waals surface area contributed by atoms with Gasteiger partial charge in [0.15, 0.2) is 17.3 Å². The van der Waals surface area contributed by atoms with Crippen LogP contribution in [0.1, 0.15) is 11.1 Å². The molecule has 4 heterocycles. The molecule has 2 N–H and O–H groups in total. The Morgan fingerprint density at radius 1 is 1.10 bits per heavy atom. The molecule has 3 aromatic heterocycles. The van der Waals surface area contributed by atoms with Crippen molar-refractivity contribution in [3.05, 3.63) is 60.4 Å². The highest BCUT2D eigenvalue weighted by Crippen LogP contribution is 2.41. The van der Waals surface area contributed by atoms with Gasteiger partial charge in [0.05, 0.1) is 40.0 Å². The van der Waals surface area contributed by atoms with Gasteiger partial charge < -0.3 is 33.6 Å². The molecular formula is C26H26F3N5O5. The van der Waals surface area contributed by atoms with E-state index in [4.69, 9.17) is 18.6 Å². The fourth-order valence-electron chi connectivity index (χ4n) is 4.45. The quantitative estimate of drug-likeness (QED) is 0.315. The second kappa shape index (κ2) is 10.5. The number of β-amino-alcohol motifs (C(OH)–C–C–N with tert-alkyl or cyclic N) is 1. The first-order valence-electron chi connectivity index (χ1n) is 11.9. The van der Waals surface area contributed by atoms with Gasteiger partial charge in [-0.25, -0.2) is 4.98 Å². The highest BCUT2D eigenvalue weighted by Gasteiger charge is 2.36. The molecule has 1 saturated heterocycles. The molecule has 0 radical (unpaired) electrons. The minimum atomic E-state index is -4.71. The third kappa shape index (κ3) is 5.36. The van der Waals surface area contributed by atoms with Crippen molar-refractivity contribution in [1.29, 1.82) is 0 Å². The lowest BCUT2D eigenvalue weighted by molar-refractivity contribution is -0.137. The van der Waals surface area contributed by atoms with Crippen molar-refractivity contribution in [2.24, 2.45) is 0 Å². The summed E-state index contributed by atoms with van der Waals surface area (Å²) in [6.45, 7) is 1.41. The van der Waals surface area contributed by atoms with E-state index < -0.39 is 17.8 Å². The van der Waals surface area contributed by atoms with Crippen LogP contribution in [0.4, 0.5) is 24.8 Å². The van der Waals surface area contributed by atoms with Gasteiger partial charge >= 0.3 is 6.18 Å². The molecule has 1 fully saturated rings. The molecule has 0 unspecified atom stereocenters. The average Bonchev–Trinajstić information content (AvgIpc) is 3.56. The number of aliphatic hydroxyl groups excluding tert-OH is 1. The van der Waals surface area contributed by atoms with Crippen LogP contribution in [-0.2, 0) is 12.7 Å². The molecule has 0 atom stereocenters. The summed E-state index contributed by atoms with van der Waals surface area (Å²) in [4.78, 5) is 10.2. The number of anilines is 2. The van der Waals surface area contributed by atoms with Crippen LogP contribution >= 0.6 is 0 Å². The van der Waals surface area contributed by atoms with Crippen molar-refractivity contribution < 1.29 is 36.9 Å². The Bertz CT molecular complexity index is 1420. The second-order valence-corrected chi connectivity index (χ2v) is 8.93. The molecule has 0 saturated carbocycles.